The van der Waals surface area contributed by atoms with Crippen molar-refractivity contribution in [1.29, 1.82) is 0 Å². The fourth-order valence-corrected chi connectivity index (χ4v) is 3.27. The molecule has 110 valence electrons. The van der Waals surface area contributed by atoms with Crippen LogP contribution in [0.15, 0.2) is 16.6 Å². The lowest BCUT2D eigenvalue weighted by atomic mass is 9.94. The van der Waals surface area contributed by atoms with E-state index in [1.165, 1.54) is 25.0 Å². The first-order valence-electron chi connectivity index (χ1n) is 6.71. The fraction of sp³-hybridized carbons (Fsp3) is 0.500. The molecular formula is C14H17BrClFN2O. The van der Waals surface area contributed by atoms with Crippen molar-refractivity contribution in [3.8, 4) is 0 Å². The van der Waals surface area contributed by atoms with Crippen molar-refractivity contribution < 1.29 is 9.18 Å². The van der Waals surface area contributed by atoms with Crippen molar-refractivity contribution in [2.24, 2.45) is 5.92 Å². The third-order valence-corrected chi connectivity index (χ3v) is 4.37. The quantitative estimate of drug-likeness (QED) is 0.850. The van der Waals surface area contributed by atoms with Gasteiger partial charge in [0.2, 0.25) is 5.91 Å². The summed E-state index contributed by atoms with van der Waals surface area (Å²) < 4.78 is 13.6. The Labute approximate surface area is 131 Å². The maximum absolute atomic E-state index is 13.1. The van der Waals surface area contributed by atoms with Crippen LogP contribution in [0.3, 0.4) is 0 Å². The summed E-state index contributed by atoms with van der Waals surface area (Å²) in [5, 5.41) is 6.27. The van der Waals surface area contributed by atoms with Gasteiger partial charge in [0.05, 0.1) is 10.7 Å². The van der Waals surface area contributed by atoms with Gasteiger partial charge in [-0.1, -0.05) is 11.6 Å². The third-order valence-electron chi connectivity index (χ3n) is 3.45. The van der Waals surface area contributed by atoms with Gasteiger partial charge in [-0.3, -0.25) is 4.79 Å². The highest BCUT2D eigenvalue weighted by Crippen LogP contribution is 2.32. The SMILES string of the molecule is O=C(CCC1CCCNC1)Nc1c(Cl)cc(F)cc1Br. The van der Waals surface area contributed by atoms with Gasteiger partial charge in [-0.05, 0) is 66.3 Å². The van der Waals surface area contributed by atoms with E-state index >= 15 is 0 Å². The lowest BCUT2D eigenvalue weighted by Crippen LogP contribution is -2.30. The minimum Gasteiger partial charge on any atom is -0.324 e. The van der Waals surface area contributed by atoms with E-state index in [-0.39, 0.29) is 10.9 Å². The van der Waals surface area contributed by atoms with Crippen LogP contribution in [0.5, 0.6) is 0 Å². The van der Waals surface area contributed by atoms with E-state index in [0.29, 0.717) is 22.5 Å². The predicted octanol–water partition coefficient (Wildman–Crippen LogP) is 3.96. The Morgan fingerprint density at radius 2 is 2.35 bits per heavy atom. The van der Waals surface area contributed by atoms with Crippen LogP contribution in [0, 0.1) is 11.7 Å². The largest absolute Gasteiger partial charge is 0.324 e. The molecule has 1 aliphatic heterocycles. The zero-order valence-electron chi connectivity index (χ0n) is 11.0. The monoisotopic (exact) mass is 362 g/mol. The number of carbonyl (C=O) groups excluding carboxylic acids is 1. The zero-order chi connectivity index (χ0) is 14.5. The average Bonchev–Trinajstić information content (AvgIpc) is 2.42. The summed E-state index contributed by atoms with van der Waals surface area (Å²) in [6, 6.07) is 2.47. The number of piperidine rings is 1. The molecule has 1 saturated heterocycles. The number of halogens is 3. The second kappa shape index (κ2) is 7.38. The smallest absolute Gasteiger partial charge is 0.224 e. The normalized spacial score (nSPS) is 18.9. The molecule has 0 radical (unpaired) electrons. The molecule has 1 aliphatic rings. The first-order chi connectivity index (χ1) is 9.56. The number of hydrogen-bond donors (Lipinski definition) is 2. The average molecular weight is 364 g/mol. The molecule has 0 aromatic heterocycles. The Hall–Kier alpha value is -0.650. The molecule has 3 nitrogen and oxygen atoms in total. The number of amides is 1. The number of rotatable bonds is 4. The Morgan fingerprint density at radius 3 is 3.00 bits per heavy atom. The molecule has 2 rings (SSSR count). The van der Waals surface area contributed by atoms with E-state index in [1.54, 1.807) is 0 Å². The summed E-state index contributed by atoms with van der Waals surface area (Å²) in [5.41, 5.74) is 0.430. The Balaban J connectivity index is 1.88. The topological polar surface area (TPSA) is 41.1 Å². The van der Waals surface area contributed by atoms with Crippen LogP contribution in [-0.2, 0) is 4.79 Å². The van der Waals surface area contributed by atoms with E-state index in [0.717, 1.165) is 19.5 Å². The van der Waals surface area contributed by atoms with Gasteiger partial charge in [0, 0.05) is 10.9 Å². The molecule has 2 N–H and O–H groups in total. The van der Waals surface area contributed by atoms with E-state index in [2.05, 4.69) is 26.6 Å². The molecule has 20 heavy (non-hydrogen) atoms. The summed E-state index contributed by atoms with van der Waals surface area (Å²) in [5.74, 6) is 0.0274. The molecule has 6 heteroatoms. The molecule has 1 fully saturated rings. The number of nitrogens with one attached hydrogen (secondary N) is 2. The Kier molecular flexibility index (Phi) is 5.81. The molecular weight excluding hydrogens is 347 g/mol. The van der Waals surface area contributed by atoms with Gasteiger partial charge in [0.1, 0.15) is 5.82 Å². The Morgan fingerprint density at radius 1 is 1.55 bits per heavy atom. The predicted molar refractivity (Wildman–Crippen MR) is 82.6 cm³/mol. The van der Waals surface area contributed by atoms with Crippen LogP contribution in [0.1, 0.15) is 25.7 Å². The van der Waals surface area contributed by atoms with Crippen LogP contribution in [0.4, 0.5) is 10.1 Å². The highest BCUT2D eigenvalue weighted by molar-refractivity contribution is 9.10. The first kappa shape index (κ1) is 15.7. The maximum atomic E-state index is 13.1. The lowest BCUT2D eigenvalue weighted by Gasteiger charge is -2.22. The summed E-state index contributed by atoms with van der Waals surface area (Å²) >= 11 is 9.14. The minimum absolute atomic E-state index is 0.0928. The second-order valence-corrected chi connectivity index (χ2v) is 6.31. The molecule has 1 amide bonds. The molecule has 0 bridgehead atoms. The molecule has 0 saturated carbocycles. The fourth-order valence-electron chi connectivity index (χ4n) is 2.37. The van der Waals surface area contributed by atoms with Crippen LogP contribution in [0.25, 0.3) is 0 Å². The van der Waals surface area contributed by atoms with Crippen molar-refractivity contribution in [2.75, 3.05) is 18.4 Å². The van der Waals surface area contributed by atoms with Crippen molar-refractivity contribution in [2.45, 2.75) is 25.7 Å². The van der Waals surface area contributed by atoms with Crippen molar-refractivity contribution >= 4 is 39.1 Å². The standard InChI is InChI=1S/C14H17BrClFN2O/c15-11-6-10(17)7-12(16)14(11)19-13(20)4-3-9-2-1-5-18-8-9/h6-7,9,18H,1-5,8H2,(H,19,20). The van der Waals surface area contributed by atoms with Gasteiger partial charge in [-0.25, -0.2) is 4.39 Å². The summed E-state index contributed by atoms with van der Waals surface area (Å²) in [7, 11) is 0. The molecule has 0 spiro atoms. The summed E-state index contributed by atoms with van der Waals surface area (Å²) in [4.78, 5) is 11.9. The van der Waals surface area contributed by atoms with Gasteiger partial charge in [0.15, 0.2) is 0 Å². The van der Waals surface area contributed by atoms with Crippen molar-refractivity contribution in [3.05, 3.63) is 27.4 Å². The molecule has 1 atom stereocenters. The van der Waals surface area contributed by atoms with Crippen LogP contribution < -0.4 is 10.6 Å². The van der Waals surface area contributed by atoms with Crippen LogP contribution in [0.2, 0.25) is 5.02 Å². The zero-order valence-corrected chi connectivity index (χ0v) is 13.4. The molecule has 1 unspecified atom stereocenters. The lowest BCUT2D eigenvalue weighted by molar-refractivity contribution is -0.116. The Bertz CT molecular complexity index is 469. The van der Waals surface area contributed by atoms with Gasteiger partial charge in [-0.2, -0.15) is 0 Å². The van der Waals surface area contributed by atoms with Gasteiger partial charge in [-0.15, -0.1) is 0 Å². The number of benzene rings is 1. The van der Waals surface area contributed by atoms with Gasteiger partial charge < -0.3 is 10.6 Å². The van der Waals surface area contributed by atoms with Gasteiger partial charge >= 0.3 is 0 Å². The van der Waals surface area contributed by atoms with Crippen LogP contribution >= 0.6 is 27.5 Å². The number of carbonyl (C=O) groups is 1. The van der Waals surface area contributed by atoms with Gasteiger partial charge in [0.25, 0.3) is 0 Å². The highest BCUT2D eigenvalue weighted by atomic mass is 79.9. The highest BCUT2D eigenvalue weighted by Gasteiger charge is 2.16. The second-order valence-electron chi connectivity index (χ2n) is 5.04. The van der Waals surface area contributed by atoms with E-state index in [4.69, 9.17) is 11.6 Å². The number of anilines is 1. The first-order valence-corrected chi connectivity index (χ1v) is 7.88. The summed E-state index contributed by atoms with van der Waals surface area (Å²) in [6.07, 6.45) is 3.64. The molecule has 1 aromatic rings. The van der Waals surface area contributed by atoms with E-state index in [9.17, 15) is 9.18 Å². The van der Waals surface area contributed by atoms with Crippen molar-refractivity contribution in [1.82, 2.24) is 5.32 Å². The van der Waals surface area contributed by atoms with E-state index in [1.807, 2.05) is 0 Å². The van der Waals surface area contributed by atoms with E-state index < -0.39 is 5.82 Å². The molecule has 0 aliphatic carbocycles. The summed E-state index contributed by atoms with van der Waals surface area (Å²) in [6.45, 7) is 2.05. The minimum atomic E-state index is -0.437. The number of hydrogen-bond acceptors (Lipinski definition) is 2. The van der Waals surface area contributed by atoms with Crippen LogP contribution in [-0.4, -0.2) is 19.0 Å². The molecule has 1 aromatic carbocycles. The van der Waals surface area contributed by atoms with Crippen molar-refractivity contribution in [3.63, 3.8) is 0 Å². The molecule has 1 heterocycles. The maximum Gasteiger partial charge on any atom is 0.224 e. The third kappa shape index (κ3) is 4.43.